The van der Waals surface area contributed by atoms with Gasteiger partial charge in [0.05, 0.1) is 0 Å². The summed E-state index contributed by atoms with van der Waals surface area (Å²) in [5, 5.41) is 2.55. The summed E-state index contributed by atoms with van der Waals surface area (Å²) >= 11 is 0. The molecule has 0 unspecified atom stereocenters. The first-order valence-electron chi connectivity index (χ1n) is 13.1. The van der Waals surface area contributed by atoms with Crippen molar-refractivity contribution >= 4 is 33.0 Å². The maximum absolute atomic E-state index is 4.50. The zero-order chi connectivity index (χ0) is 28.1. The number of aromatic nitrogens is 1. The van der Waals surface area contributed by atoms with E-state index in [1.54, 1.807) is 6.08 Å². The summed E-state index contributed by atoms with van der Waals surface area (Å²) in [6.45, 7) is 23.7. The number of hydrogen-bond acceptors (Lipinski definition) is 1. The lowest BCUT2D eigenvalue weighted by Crippen LogP contribution is -1.87. The highest BCUT2D eigenvalue weighted by molar-refractivity contribution is 6.09. The number of benzene rings is 2. The molecule has 1 aromatic heterocycles. The standard InChI is InChI=1S/C27H27N.3C2H6.CH5N/c1-6-9-11-12-20(4)22-14-16-26-24(18-22)25-19-23(15-17-27(25)28(26)5)21(8-3)13-10-7-2;4*1-2/h6-19H,1-2H2,3-5H3;3*1-2H3;2H2,1H3/b11-9-,13-10-,20-12+,21-8+;;;;. The van der Waals surface area contributed by atoms with Crippen molar-refractivity contribution in [3.05, 3.63) is 109 Å². The average molecular weight is 487 g/mol. The number of allylic oxidation sites excluding steroid dienone is 10. The molecule has 3 rings (SSSR count). The van der Waals surface area contributed by atoms with Crippen molar-refractivity contribution in [1.82, 2.24) is 4.57 Å². The lowest BCUT2D eigenvalue weighted by Gasteiger charge is -2.04. The van der Waals surface area contributed by atoms with Crippen LogP contribution < -0.4 is 5.73 Å². The third-order valence-electron chi connectivity index (χ3n) is 5.11. The van der Waals surface area contributed by atoms with Crippen molar-refractivity contribution in [2.45, 2.75) is 55.4 Å². The molecule has 0 atom stereocenters. The van der Waals surface area contributed by atoms with Gasteiger partial charge >= 0.3 is 0 Å². The molecule has 1 heterocycles. The molecule has 0 bridgehead atoms. The van der Waals surface area contributed by atoms with E-state index in [0.717, 1.165) is 0 Å². The van der Waals surface area contributed by atoms with Gasteiger partial charge in [0.1, 0.15) is 0 Å². The zero-order valence-electron chi connectivity index (χ0n) is 24.5. The Balaban J connectivity index is 0. The first kappa shape index (κ1) is 34.8. The van der Waals surface area contributed by atoms with Crippen LogP contribution in [0.1, 0.15) is 66.5 Å². The van der Waals surface area contributed by atoms with E-state index < -0.39 is 0 Å². The van der Waals surface area contributed by atoms with Crippen LogP contribution in [0.4, 0.5) is 0 Å². The number of aryl methyl sites for hydroxylation is 1. The van der Waals surface area contributed by atoms with Gasteiger partial charge in [0, 0.05) is 28.9 Å². The number of hydrogen-bond donors (Lipinski definition) is 1. The van der Waals surface area contributed by atoms with Gasteiger partial charge in [-0.1, -0.05) is 115 Å². The van der Waals surface area contributed by atoms with Crippen LogP contribution in [-0.4, -0.2) is 11.6 Å². The Morgan fingerprint density at radius 3 is 1.69 bits per heavy atom. The van der Waals surface area contributed by atoms with Crippen LogP contribution in [0.15, 0.2) is 98.2 Å². The lowest BCUT2D eigenvalue weighted by molar-refractivity contribution is 1.01. The Bertz CT molecular complexity index is 1160. The quantitative estimate of drug-likeness (QED) is 0.345. The van der Waals surface area contributed by atoms with Gasteiger partial charge in [-0.15, -0.1) is 0 Å². The van der Waals surface area contributed by atoms with Crippen LogP contribution in [0.25, 0.3) is 33.0 Å². The number of rotatable bonds is 6. The first-order valence-corrected chi connectivity index (χ1v) is 13.1. The fraction of sp³-hybridized carbons (Fsp3) is 0.294. The maximum atomic E-state index is 4.50. The molecule has 196 valence electrons. The van der Waals surface area contributed by atoms with Crippen LogP contribution in [0.2, 0.25) is 0 Å². The average Bonchev–Trinajstić information content (AvgIpc) is 3.24. The molecule has 0 aliphatic heterocycles. The summed E-state index contributed by atoms with van der Waals surface area (Å²) in [5.74, 6) is 0. The highest BCUT2D eigenvalue weighted by Crippen LogP contribution is 2.32. The molecule has 0 aliphatic carbocycles. The predicted molar refractivity (Wildman–Crippen MR) is 171 cm³/mol. The molecule has 0 aliphatic rings. The van der Waals surface area contributed by atoms with Crippen LogP contribution in [0.3, 0.4) is 0 Å². The van der Waals surface area contributed by atoms with Crippen molar-refractivity contribution < 1.29 is 0 Å². The van der Waals surface area contributed by atoms with Gasteiger partial charge in [0.2, 0.25) is 0 Å². The van der Waals surface area contributed by atoms with Gasteiger partial charge < -0.3 is 10.3 Å². The fourth-order valence-corrected chi connectivity index (χ4v) is 3.55. The van der Waals surface area contributed by atoms with E-state index in [1.165, 1.54) is 51.1 Å². The summed E-state index contributed by atoms with van der Waals surface area (Å²) in [7, 11) is 3.63. The van der Waals surface area contributed by atoms with Gasteiger partial charge in [-0.2, -0.15) is 0 Å². The van der Waals surface area contributed by atoms with Gasteiger partial charge in [-0.05, 0) is 67.4 Å². The van der Waals surface area contributed by atoms with Gasteiger partial charge in [-0.3, -0.25) is 0 Å². The Kier molecular flexibility index (Phi) is 20.3. The zero-order valence-corrected chi connectivity index (χ0v) is 24.5. The van der Waals surface area contributed by atoms with Crippen molar-refractivity contribution in [1.29, 1.82) is 0 Å². The van der Waals surface area contributed by atoms with E-state index in [2.05, 4.69) is 99.0 Å². The molecular weight excluding hydrogens is 436 g/mol. The second-order valence-corrected chi connectivity index (χ2v) is 6.83. The highest BCUT2D eigenvalue weighted by atomic mass is 14.9. The highest BCUT2D eigenvalue weighted by Gasteiger charge is 2.11. The Morgan fingerprint density at radius 2 is 1.22 bits per heavy atom. The molecule has 3 aromatic rings. The van der Waals surface area contributed by atoms with E-state index in [0.29, 0.717) is 0 Å². The van der Waals surface area contributed by atoms with Crippen molar-refractivity contribution in [2.75, 3.05) is 7.05 Å². The second-order valence-electron chi connectivity index (χ2n) is 6.83. The summed E-state index contributed by atoms with van der Waals surface area (Å²) in [5.41, 5.74) is 11.9. The number of nitrogens with two attached hydrogens (primary N) is 1. The molecule has 0 radical (unpaired) electrons. The summed E-state index contributed by atoms with van der Waals surface area (Å²) in [6.07, 6.45) is 15.9. The third-order valence-corrected chi connectivity index (χ3v) is 5.11. The molecule has 2 nitrogen and oxygen atoms in total. The molecule has 2 aromatic carbocycles. The minimum Gasteiger partial charge on any atom is -0.344 e. The lowest BCUT2D eigenvalue weighted by atomic mass is 10.00. The van der Waals surface area contributed by atoms with Gasteiger partial charge in [0.15, 0.2) is 0 Å². The second kappa shape index (κ2) is 21.0. The molecule has 0 amide bonds. The van der Waals surface area contributed by atoms with Crippen molar-refractivity contribution in [2.24, 2.45) is 12.8 Å². The molecule has 0 saturated carbocycles. The van der Waals surface area contributed by atoms with E-state index in [4.69, 9.17) is 0 Å². The fourth-order valence-electron chi connectivity index (χ4n) is 3.55. The summed E-state index contributed by atoms with van der Waals surface area (Å²) in [6, 6.07) is 13.4. The smallest absolute Gasteiger partial charge is 0.0489 e. The van der Waals surface area contributed by atoms with Crippen LogP contribution in [-0.2, 0) is 7.05 Å². The van der Waals surface area contributed by atoms with Gasteiger partial charge in [0.25, 0.3) is 0 Å². The number of nitrogens with zero attached hydrogens (tertiary/aromatic N) is 1. The SMILES string of the molecule is C=C/C=C\C=C(/C)c1ccc2c(c1)c1cc(C(/C=C\C=C)=C/C)ccc1n2C.CC.CC.CC.CN. The molecule has 2 N–H and O–H groups in total. The minimum atomic E-state index is 1.19. The Hall–Kier alpha value is -3.36. The topological polar surface area (TPSA) is 30.9 Å². The minimum absolute atomic E-state index is 1.19. The summed E-state index contributed by atoms with van der Waals surface area (Å²) in [4.78, 5) is 0. The molecule has 0 fully saturated rings. The molecular formula is C34H50N2. The summed E-state index contributed by atoms with van der Waals surface area (Å²) < 4.78 is 2.27. The Labute approximate surface area is 221 Å². The van der Waals surface area contributed by atoms with E-state index in [-0.39, 0.29) is 0 Å². The van der Waals surface area contributed by atoms with E-state index in [1.807, 2.05) is 65.8 Å². The van der Waals surface area contributed by atoms with Crippen molar-refractivity contribution in [3.63, 3.8) is 0 Å². The largest absolute Gasteiger partial charge is 0.344 e. The maximum Gasteiger partial charge on any atom is 0.0489 e. The normalized spacial score (nSPS) is 11.0. The van der Waals surface area contributed by atoms with Crippen LogP contribution >= 0.6 is 0 Å². The van der Waals surface area contributed by atoms with Gasteiger partial charge in [-0.25, -0.2) is 0 Å². The Morgan fingerprint density at radius 1 is 0.750 bits per heavy atom. The van der Waals surface area contributed by atoms with E-state index >= 15 is 0 Å². The van der Waals surface area contributed by atoms with Crippen LogP contribution in [0.5, 0.6) is 0 Å². The predicted octanol–water partition coefficient (Wildman–Crippen LogP) is 10.3. The molecule has 0 saturated heterocycles. The number of fused-ring (bicyclic) bond motifs is 3. The third kappa shape index (κ3) is 9.36. The van der Waals surface area contributed by atoms with Crippen molar-refractivity contribution in [3.8, 4) is 0 Å². The molecule has 36 heavy (non-hydrogen) atoms. The molecule has 2 heteroatoms. The first-order chi connectivity index (χ1) is 17.6. The van der Waals surface area contributed by atoms with E-state index in [9.17, 15) is 0 Å². The molecule has 0 spiro atoms. The monoisotopic (exact) mass is 486 g/mol. The van der Waals surface area contributed by atoms with Crippen LogP contribution in [0, 0.1) is 0 Å².